The second-order valence-corrected chi connectivity index (χ2v) is 11.6. The van der Waals surface area contributed by atoms with Crippen molar-refractivity contribution in [2.24, 2.45) is 0 Å². The molecule has 2 aliphatic heterocycles. The maximum atomic E-state index is 13.2. The molecule has 0 aliphatic carbocycles. The molecule has 0 saturated carbocycles. The first-order chi connectivity index (χ1) is 16.3. The van der Waals surface area contributed by atoms with Crippen LogP contribution in [0, 0.1) is 0 Å². The van der Waals surface area contributed by atoms with Crippen LogP contribution in [0.2, 0.25) is 5.02 Å². The van der Waals surface area contributed by atoms with E-state index >= 15 is 0 Å². The summed E-state index contributed by atoms with van der Waals surface area (Å²) in [5, 5.41) is 0.139. The highest BCUT2D eigenvalue weighted by Gasteiger charge is 2.32. The summed E-state index contributed by atoms with van der Waals surface area (Å²) < 4.78 is 34.6. The van der Waals surface area contributed by atoms with E-state index in [1.54, 1.807) is 11.0 Å². The molecule has 1 atom stereocenters. The number of benzene rings is 3. The van der Waals surface area contributed by atoms with Gasteiger partial charge in [0.25, 0.3) is 15.9 Å². The molecular weight excluding hydrogens is 540 g/mol. The fraction of sp³-hybridized carbons (Fsp3) is 0.240. The number of amides is 1. The van der Waals surface area contributed by atoms with Crippen LogP contribution in [-0.4, -0.2) is 33.5 Å². The molecule has 9 heteroatoms. The summed E-state index contributed by atoms with van der Waals surface area (Å²) >= 11 is 9.85. The van der Waals surface area contributed by atoms with Gasteiger partial charge in [0, 0.05) is 22.7 Å². The molecule has 0 aromatic heterocycles. The number of sulfonamides is 1. The first-order valence-corrected chi connectivity index (χ1v) is 13.5. The van der Waals surface area contributed by atoms with Gasteiger partial charge in [0.05, 0.1) is 15.6 Å². The van der Waals surface area contributed by atoms with Gasteiger partial charge in [-0.1, -0.05) is 45.7 Å². The lowest BCUT2D eigenvalue weighted by Crippen LogP contribution is -2.39. The highest BCUT2D eigenvalue weighted by molar-refractivity contribution is 9.10. The van der Waals surface area contributed by atoms with E-state index in [9.17, 15) is 13.2 Å². The smallest absolute Gasteiger partial charge is 0.265 e. The average Bonchev–Trinajstić information content (AvgIpc) is 3.38. The zero-order chi connectivity index (χ0) is 24.0. The van der Waals surface area contributed by atoms with Gasteiger partial charge in [0.1, 0.15) is 5.75 Å². The van der Waals surface area contributed by atoms with Crippen molar-refractivity contribution in [1.29, 1.82) is 0 Å². The first kappa shape index (κ1) is 23.2. The Bertz CT molecular complexity index is 1400. The molecule has 5 rings (SSSR count). The van der Waals surface area contributed by atoms with Crippen LogP contribution in [-0.2, 0) is 27.7 Å². The van der Waals surface area contributed by atoms with Gasteiger partial charge in [-0.05, 0) is 73.4 Å². The fourth-order valence-electron chi connectivity index (χ4n) is 4.63. The summed E-state index contributed by atoms with van der Waals surface area (Å²) in [7, 11) is -3.77. The van der Waals surface area contributed by atoms with Crippen LogP contribution in [0.15, 0.2) is 70.0 Å². The molecule has 2 heterocycles. The Morgan fingerprint density at radius 2 is 1.88 bits per heavy atom. The number of fused-ring (bicyclic) bond motifs is 2. The molecule has 176 valence electrons. The van der Waals surface area contributed by atoms with E-state index in [4.69, 9.17) is 16.3 Å². The van der Waals surface area contributed by atoms with Crippen LogP contribution < -0.4 is 13.9 Å². The highest BCUT2D eigenvalue weighted by atomic mass is 79.9. The van der Waals surface area contributed by atoms with E-state index in [0.717, 1.165) is 27.7 Å². The second kappa shape index (κ2) is 8.91. The zero-order valence-electron chi connectivity index (χ0n) is 18.4. The monoisotopic (exact) mass is 560 g/mol. The molecule has 0 radical (unpaired) electrons. The Morgan fingerprint density at radius 1 is 1.09 bits per heavy atom. The summed E-state index contributed by atoms with van der Waals surface area (Å²) in [5.74, 6) is 0.0775. The Kier molecular flexibility index (Phi) is 6.08. The molecular formula is C25H22BrClN2O4S. The molecule has 0 bridgehead atoms. The number of anilines is 2. The average molecular weight is 562 g/mol. The van der Waals surface area contributed by atoms with Crippen molar-refractivity contribution in [3.63, 3.8) is 0 Å². The summed E-state index contributed by atoms with van der Waals surface area (Å²) in [6.07, 6.45) is 1.44. The second-order valence-electron chi connectivity index (χ2n) is 8.43. The van der Waals surface area contributed by atoms with Gasteiger partial charge in [-0.2, -0.15) is 0 Å². The van der Waals surface area contributed by atoms with Gasteiger partial charge in [0.15, 0.2) is 6.61 Å². The number of carbonyl (C=O) groups excluding carboxylic acids is 1. The molecule has 0 spiro atoms. The maximum Gasteiger partial charge on any atom is 0.265 e. The molecule has 6 nitrogen and oxygen atoms in total. The van der Waals surface area contributed by atoms with Gasteiger partial charge < -0.3 is 9.64 Å². The lowest BCUT2D eigenvalue weighted by Gasteiger charge is -2.23. The van der Waals surface area contributed by atoms with Crippen LogP contribution >= 0.6 is 27.5 Å². The van der Waals surface area contributed by atoms with Crippen LogP contribution in [0.5, 0.6) is 5.75 Å². The van der Waals surface area contributed by atoms with Crippen molar-refractivity contribution >= 4 is 54.8 Å². The van der Waals surface area contributed by atoms with Crippen LogP contribution in [0.25, 0.3) is 0 Å². The third kappa shape index (κ3) is 4.08. The summed E-state index contributed by atoms with van der Waals surface area (Å²) in [6.45, 7) is 2.18. The van der Waals surface area contributed by atoms with E-state index in [-0.39, 0.29) is 34.2 Å². The largest absolute Gasteiger partial charge is 0.482 e. The number of ether oxygens (including phenoxy) is 1. The van der Waals surface area contributed by atoms with E-state index < -0.39 is 10.0 Å². The molecule has 34 heavy (non-hydrogen) atoms. The third-order valence-electron chi connectivity index (χ3n) is 6.21. The SMILES string of the molecule is C[C@H]1Cc2cc(Br)ccc2N1C(=O)COc1ccc(S(=O)(=O)N2CCc3ccccc32)cc1Cl. The molecule has 1 amide bonds. The number of halogens is 2. The lowest BCUT2D eigenvalue weighted by atomic mass is 10.1. The Hall–Kier alpha value is -2.55. The van der Waals surface area contributed by atoms with E-state index in [2.05, 4.69) is 15.9 Å². The summed E-state index contributed by atoms with van der Waals surface area (Å²) in [6, 6.07) is 17.7. The Labute approximate surface area is 212 Å². The van der Waals surface area contributed by atoms with Crippen molar-refractivity contribution in [1.82, 2.24) is 0 Å². The van der Waals surface area contributed by atoms with Gasteiger partial charge >= 0.3 is 0 Å². The fourth-order valence-corrected chi connectivity index (χ4v) is 6.87. The maximum absolute atomic E-state index is 13.2. The standard InChI is InChI=1S/C25H22BrClN2O4S/c1-16-12-18-13-19(26)6-8-23(18)29(16)25(30)15-33-24-9-7-20(14-21(24)27)34(31,32)28-11-10-17-4-2-3-5-22(17)28/h2-9,13-14,16H,10-12,15H2,1H3/t16-/m0/s1. The van der Waals surface area contributed by atoms with Crippen LogP contribution in [0.3, 0.4) is 0 Å². The van der Waals surface area contributed by atoms with Crippen molar-refractivity contribution in [2.75, 3.05) is 22.4 Å². The van der Waals surface area contributed by atoms with Gasteiger partial charge in [-0.15, -0.1) is 0 Å². The van der Waals surface area contributed by atoms with E-state index in [1.807, 2.05) is 43.3 Å². The van der Waals surface area contributed by atoms with Crippen molar-refractivity contribution in [3.8, 4) is 5.75 Å². The minimum atomic E-state index is -3.77. The third-order valence-corrected chi connectivity index (χ3v) is 8.81. The summed E-state index contributed by atoms with van der Waals surface area (Å²) in [5.41, 5.74) is 3.67. The van der Waals surface area contributed by atoms with Crippen LogP contribution in [0.4, 0.5) is 11.4 Å². The molecule has 3 aromatic carbocycles. The molecule has 0 unspecified atom stereocenters. The number of rotatable bonds is 5. The minimum absolute atomic E-state index is 0.0201. The van der Waals surface area contributed by atoms with Gasteiger partial charge in [-0.25, -0.2) is 8.42 Å². The molecule has 3 aromatic rings. The lowest BCUT2D eigenvalue weighted by molar-refractivity contribution is -0.120. The molecule has 2 aliphatic rings. The van der Waals surface area contributed by atoms with Crippen LogP contribution in [0.1, 0.15) is 18.1 Å². The number of hydrogen-bond acceptors (Lipinski definition) is 4. The van der Waals surface area contributed by atoms with E-state index in [0.29, 0.717) is 18.7 Å². The molecule has 0 fully saturated rings. The van der Waals surface area contributed by atoms with Gasteiger partial charge in [0.2, 0.25) is 0 Å². The highest BCUT2D eigenvalue weighted by Crippen LogP contribution is 2.36. The predicted octanol–water partition coefficient (Wildman–Crippen LogP) is 5.21. The Balaban J connectivity index is 1.31. The minimum Gasteiger partial charge on any atom is -0.482 e. The molecule has 0 N–H and O–H groups in total. The number of hydrogen-bond donors (Lipinski definition) is 0. The van der Waals surface area contributed by atoms with Crippen molar-refractivity contribution in [2.45, 2.75) is 30.7 Å². The first-order valence-electron chi connectivity index (χ1n) is 10.9. The Morgan fingerprint density at radius 3 is 2.68 bits per heavy atom. The summed E-state index contributed by atoms with van der Waals surface area (Å²) in [4.78, 5) is 14.8. The number of nitrogens with zero attached hydrogens (tertiary/aromatic N) is 2. The molecule has 0 saturated heterocycles. The number of para-hydroxylation sites is 1. The predicted molar refractivity (Wildman–Crippen MR) is 136 cm³/mol. The number of carbonyl (C=O) groups is 1. The normalized spacial score (nSPS) is 17.0. The van der Waals surface area contributed by atoms with Crippen molar-refractivity contribution in [3.05, 3.63) is 81.3 Å². The zero-order valence-corrected chi connectivity index (χ0v) is 21.5. The van der Waals surface area contributed by atoms with Crippen molar-refractivity contribution < 1.29 is 17.9 Å². The van der Waals surface area contributed by atoms with E-state index in [1.165, 1.54) is 22.5 Å². The topological polar surface area (TPSA) is 66.9 Å². The quantitative estimate of drug-likeness (QED) is 0.429. The van der Waals surface area contributed by atoms with Gasteiger partial charge in [-0.3, -0.25) is 9.10 Å².